The Morgan fingerprint density at radius 1 is 1.50 bits per heavy atom. The van der Waals surface area contributed by atoms with E-state index in [2.05, 4.69) is 0 Å². The van der Waals surface area contributed by atoms with Crippen LogP contribution in [0.25, 0.3) is 0 Å². The Morgan fingerprint density at radius 3 is 2.40 bits per heavy atom. The number of rotatable bonds is 5. The third-order valence-corrected chi connectivity index (χ3v) is 1.49. The molecule has 2 unspecified atom stereocenters. The Labute approximate surface area is 61.6 Å². The van der Waals surface area contributed by atoms with Gasteiger partial charge in [-0.1, -0.05) is 13.3 Å². The summed E-state index contributed by atoms with van der Waals surface area (Å²) < 4.78 is 4.93. The van der Waals surface area contributed by atoms with Crippen LogP contribution in [0, 0.1) is 0 Å². The summed E-state index contributed by atoms with van der Waals surface area (Å²) >= 11 is 0. The molecule has 0 fully saturated rings. The summed E-state index contributed by atoms with van der Waals surface area (Å²) in [4.78, 5) is 0. The van der Waals surface area contributed by atoms with Gasteiger partial charge < -0.3 is 14.9 Å². The van der Waals surface area contributed by atoms with Crippen LogP contribution in [0.15, 0.2) is 0 Å². The molecule has 2 atom stereocenters. The number of hydrogen-bond donors (Lipinski definition) is 2. The van der Waals surface area contributed by atoms with Crippen LogP contribution < -0.4 is 0 Å². The van der Waals surface area contributed by atoms with E-state index in [4.69, 9.17) is 14.9 Å². The highest BCUT2D eigenvalue weighted by molar-refractivity contribution is 4.66. The number of hydrogen-bond acceptors (Lipinski definition) is 3. The summed E-state index contributed by atoms with van der Waals surface area (Å²) in [5.74, 6) is 0. The van der Waals surface area contributed by atoms with Crippen LogP contribution in [0.1, 0.15) is 19.8 Å². The molecular weight excluding hydrogens is 132 g/mol. The normalized spacial score (nSPS) is 16.8. The minimum Gasteiger partial charge on any atom is -0.394 e. The van der Waals surface area contributed by atoms with Crippen molar-refractivity contribution in [1.29, 1.82) is 0 Å². The number of aliphatic hydroxyl groups excluding tert-OH is 2. The topological polar surface area (TPSA) is 49.7 Å². The molecule has 0 aliphatic heterocycles. The first-order valence-corrected chi connectivity index (χ1v) is 3.58. The molecule has 0 radical (unpaired) electrons. The van der Waals surface area contributed by atoms with Crippen molar-refractivity contribution < 1.29 is 14.9 Å². The van der Waals surface area contributed by atoms with Crippen molar-refractivity contribution in [2.45, 2.75) is 32.0 Å². The number of methoxy groups -OCH3 is 1. The van der Waals surface area contributed by atoms with Gasteiger partial charge in [0.25, 0.3) is 0 Å². The molecule has 2 N–H and O–H groups in total. The second kappa shape index (κ2) is 5.65. The molecule has 0 amide bonds. The lowest BCUT2D eigenvalue weighted by Gasteiger charge is -2.18. The van der Waals surface area contributed by atoms with Gasteiger partial charge in [-0.2, -0.15) is 0 Å². The largest absolute Gasteiger partial charge is 0.394 e. The van der Waals surface area contributed by atoms with Gasteiger partial charge in [-0.25, -0.2) is 0 Å². The minimum atomic E-state index is -0.732. The molecule has 0 rings (SSSR count). The molecule has 0 aliphatic rings. The van der Waals surface area contributed by atoms with Gasteiger partial charge in [0.15, 0.2) is 0 Å². The highest BCUT2D eigenvalue weighted by Crippen LogP contribution is 2.05. The molecule has 0 bridgehead atoms. The molecule has 0 heterocycles. The van der Waals surface area contributed by atoms with E-state index in [1.165, 1.54) is 0 Å². The highest BCUT2D eigenvalue weighted by atomic mass is 16.5. The van der Waals surface area contributed by atoms with Crippen LogP contribution >= 0.6 is 0 Å². The van der Waals surface area contributed by atoms with E-state index < -0.39 is 6.10 Å². The fraction of sp³-hybridized carbons (Fsp3) is 1.00. The van der Waals surface area contributed by atoms with Gasteiger partial charge in [0, 0.05) is 7.11 Å². The molecule has 3 nitrogen and oxygen atoms in total. The standard InChI is InChI=1S/C7H16O3/c1-3-4-7(10-2)6(9)5-8/h6-9H,3-5H2,1-2H3. The molecule has 0 saturated carbocycles. The minimum absolute atomic E-state index is 0.213. The predicted molar refractivity (Wildman–Crippen MR) is 38.8 cm³/mol. The molecule has 3 heteroatoms. The second-order valence-electron chi connectivity index (χ2n) is 2.31. The average Bonchev–Trinajstić information content (AvgIpc) is 1.99. The van der Waals surface area contributed by atoms with Gasteiger partial charge in [-0.05, 0) is 6.42 Å². The smallest absolute Gasteiger partial charge is 0.103 e. The second-order valence-corrected chi connectivity index (χ2v) is 2.31. The first kappa shape index (κ1) is 9.88. The predicted octanol–water partition coefficient (Wildman–Crippen LogP) is 0.155. The Bertz CT molecular complexity index is 75.3. The third kappa shape index (κ3) is 3.15. The Hall–Kier alpha value is -0.120. The lowest BCUT2D eigenvalue weighted by molar-refractivity contribution is -0.0411. The summed E-state index contributed by atoms with van der Waals surface area (Å²) in [6.45, 7) is 1.79. The maximum atomic E-state index is 9.07. The van der Waals surface area contributed by atoms with E-state index in [0.29, 0.717) is 0 Å². The van der Waals surface area contributed by atoms with Crippen molar-refractivity contribution in [3.05, 3.63) is 0 Å². The van der Waals surface area contributed by atoms with Gasteiger partial charge in [-0.15, -0.1) is 0 Å². The van der Waals surface area contributed by atoms with Crippen molar-refractivity contribution in [3.63, 3.8) is 0 Å². The SMILES string of the molecule is CCCC(OC)C(O)CO. The first-order valence-electron chi connectivity index (χ1n) is 3.58. The lowest BCUT2D eigenvalue weighted by Crippen LogP contribution is -2.30. The fourth-order valence-electron chi connectivity index (χ4n) is 0.869. The average molecular weight is 148 g/mol. The maximum Gasteiger partial charge on any atom is 0.103 e. The third-order valence-electron chi connectivity index (χ3n) is 1.49. The summed E-state index contributed by atoms with van der Waals surface area (Å²) in [6, 6.07) is 0. The molecule has 0 saturated heterocycles. The van der Waals surface area contributed by atoms with E-state index >= 15 is 0 Å². The maximum absolute atomic E-state index is 9.07. The quantitative estimate of drug-likeness (QED) is 0.583. The van der Waals surface area contributed by atoms with Crippen LogP contribution in [0.5, 0.6) is 0 Å². The molecule has 0 aromatic rings. The van der Waals surface area contributed by atoms with Crippen molar-refractivity contribution in [3.8, 4) is 0 Å². The van der Waals surface area contributed by atoms with E-state index in [-0.39, 0.29) is 12.7 Å². The van der Waals surface area contributed by atoms with Gasteiger partial charge in [0.2, 0.25) is 0 Å². The van der Waals surface area contributed by atoms with Crippen LogP contribution in [0.4, 0.5) is 0 Å². The molecule has 62 valence electrons. The Kier molecular flexibility index (Phi) is 5.58. The Morgan fingerprint density at radius 2 is 2.10 bits per heavy atom. The van der Waals surface area contributed by atoms with Crippen LogP contribution in [-0.2, 0) is 4.74 Å². The summed E-state index contributed by atoms with van der Waals surface area (Å²) in [5.41, 5.74) is 0. The summed E-state index contributed by atoms with van der Waals surface area (Å²) in [6.07, 6.45) is 0.799. The number of aliphatic hydroxyl groups is 2. The van der Waals surface area contributed by atoms with Gasteiger partial charge >= 0.3 is 0 Å². The zero-order valence-corrected chi connectivity index (χ0v) is 6.58. The van der Waals surface area contributed by atoms with E-state index in [1.807, 2.05) is 6.92 Å². The van der Waals surface area contributed by atoms with Crippen LogP contribution in [0.2, 0.25) is 0 Å². The molecule has 0 aromatic heterocycles. The van der Waals surface area contributed by atoms with Gasteiger partial charge in [0.05, 0.1) is 12.7 Å². The highest BCUT2D eigenvalue weighted by Gasteiger charge is 2.15. The van der Waals surface area contributed by atoms with Crippen LogP contribution in [-0.4, -0.2) is 36.1 Å². The molecule has 10 heavy (non-hydrogen) atoms. The monoisotopic (exact) mass is 148 g/mol. The number of ether oxygens (including phenoxy) is 1. The van der Waals surface area contributed by atoms with E-state index in [0.717, 1.165) is 12.8 Å². The first-order chi connectivity index (χ1) is 4.76. The van der Waals surface area contributed by atoms with Crippen molar-refractivity contribution in [2.75, 3.05) is 13.7 Å². The Balaban J connectivity index is 3.56. The summed E-state index contributed by atoms with van der Waals surface area (Å²) in [5, 5.41) is 17.6. The van der Waals surface area contributed by atoms with Crippen molar-refractivity contribution in [2.24, 2.45) is 0 Å². The van der Waals surface area contributed by atoms with Crippen molar-refractivity contribution >= 4 is 0 Å². The lowest BCUT2D eigenvalue weighted by atomic mass is 10.1. The zero-order chi connectivity index (χ0) is 7.98. The van der Waals surface area contributed by atoms with Crippen LogP contribution in [0.3, 0.4) is 0 Å². The van der Waals surface area contributed by atoms with Gasteiger partial charge in [0.1, 0.15) is 6.10 Å². The molecular formula is C7H16O3. The summed E-state index contributed by atoms with van der Waals surface area (Å²) in [7, 11) is 1.54. The van der Waals surface area contributed by atoms with Crippen molar-refractivity contribution in [1.82, 2.24) is 0 Å². The molecule has 0 spiro atoms. The fourth-order valence-corrected chi connectivity index (χ4v) is 0.869. The van der Waals surface area contributed by atoms with Gasteiger partial charge in [-0.3, -0.25) is 0 Å². The zero-order valence-electron chi connectivity index (χ0n) is 6.58. The molecule has 0 aliphatic carbocycles. The molecule has 0 aromatic carbocycles. The van der Waals surface area contributed by atoms with E-state index in [1.54, 1.807) is 7.11 Å². The van der Waals surface area contributed by atoms with E-state index in [9.17, 15) is 0 Å².